The monoisotopic (exact) mass is 391 g/mol. The first-order valence-electron chi connectivity index (χ1n) is 9.91. The molecule has 3 aromatic rings. The number of piperidine rings is 1. The normalized spacial score (nSPS) is 14.7. The Morgan fingerprint density at radius 3 is 2.66 bits per heavy atom. The van der Waals surface area contributed by atoms with Gasteiger partial charge in [-0.25, -0.2) is 14.5 Å². The van der Waals surface area contributed by atoms with E-state index in [1.54, 1.807) is 17.1 Å². The number of pyridine rings is 1. The number of carbonyl (C=O) groups excluding carboxylic acids is 1. The van der Waals surface area contributed by atoms with Crippen LogP contribution in [0.25, 0.3) is 5.82 Å². The Balaban J connectivity index is 1.22. The summed E-state index contributed by atoms with van der Waals surface area (Å²) < 4.78 is 7.70. The summed E-state index contributed by atoms with van der Waals surface area (Å²) in [6, 6.07) is 15.8. The van der Waals surface area contributed by atoms with Gasteiger partial charge in [0.2, 0.25) is 0 Å². The molecule has 1 fully saturated rings. The van der Waals surface area contributed by atoms with Gasteiger partial charge < -0.3 is 15.0 Å². The molecule has 0 bridgehead atoms. The molecule has 1 aromatic carbocycles. The quantitative estimate of drug-likeness (QED) is 0.701. The van der Waals surface area contributed by atoms with Crippen LogP contribution in [0.3, 0.4) is 0 Å². The SMILES string of the molecule is O=C(NCc1ccnc(-n2cccn2)c1)N1CCC(OCc2ccccc2)CC1. The van der Waals surface area contributed by atoms with Crippen molar-refractivity contribution in [2.24, 2.45) is 0 Å². The average Bonchev–Trinajstić information content (AvgIpc) is 3.32. The van der Waals surface area contributed by atoms with Crippen LogP contribution in [-0.2, 0) is 17.9 Å². The van der Waals surface area contributed by atoms with Crippen molar-refractivity contribution in [1.82, 2.24) is 25.0 Å². The number of urea groups is 1. The van der Waals surface area contributed by atoms with E-state index in [9.17, 15) is 4.79 Å². The van der Waals surface area contributed by atoms with Gasteiger partial charge in [-0.15, -0.1) is 0 Å². The number of hydrogen-bond donors (Lipinski definition) is 1. The van der Waals surface area contributed by atoms with Crippen molar-refractivity contribution >= 4 is 6.03 Å². The fourth-order valence-electron chi connectivity index (χ4n) is 3.40. The number of rotatable bonds is 6. The third-order valence-electron chi connectivity index (χ3n) is 5.05. The summed E-state index contributed by atoms with van der Waals surface area (Å²) in [6.07, 6.45) is 7.21. The van der Waals surface area contributed by atoms with Crippen molar-refractivity contribution in [2.75, 3.05) is 13.1 Å². The van der Waals surface area contributed by atoms with Gasteiger partial charge in [0.15, 0.2) is 5.82 Å². The molecule has 1 saturated heterocycles. The molecule has 1 aliphatic heterocycles. The fourth-order valence-corrected chi connectivity index (χ4v) is 3.40. The molecule has 7 heteroatoms. The topological polar surface area (TPSA) is 72.3 Å². The largest absolute Gasteiger partial charge is 0.373 e. The number of ether oxygens (including phenoxy) is 1. The van der Waals surface area contributed by atoms with Gasteiger partial charge in [0.05, 0.1) is 12.7 Å². The molecule has 0 atom stereocenters. The summed E-state index contributed by atoms with van der Waals surface area (Å²) in [7, 11) is 0. The highest BCUT2D eigenvalue weighted by Crippen LogP contribution is 2.16. The van der Waals surface area contributed by atoms with Crippen LogP contribution < -0.4 is 5.32 Å². The number of nitrogens with zero attached hydrogens (tertiary/aromatic N) is 4. The van der Waals surface area contributed by atoms with Crippen LogP contribution >= 0.6 is 0 Å². The Kier molecular flexibility index (Phi) is 6.16. The molecule has 150 valence electrons. The molecular weight excluding hydrogens is 366 g/mol. The summed E-state index contributed by atoms with van der Waals surface area (Å²) in [5.74, 6) is 0.734. The van der Waals surface area contributed by atoms with Crippen LogP contribution in [-0.4, -0.2) is 44.9 Å². The highest BCUT2D eigenvalue weighted by atomic mass is 16.5. The predicted molar refractivity (Wildman–Crippen MR) is 109 cm³/mol. The minimum atomic E-state index is -0.0380. The van der Waals surface area contributed by atoms with Gasteiger partial charge >= 0.3 is 6.03 Å². The zero-order valence-corrected chi connectivity index (χ0v) is 16.3. The maximum absolute atomic E-state index is 12.5. The fraction of sp³-hybridized carbons (Fsp3) is 0.318. The van der Waals surface area contributed by atoms with E-state index >= 15 is 0 Å². The highest BCUT2D eigenvalue weighted by Gasteiger charge is 2.23. The minimum Gasteiger partial charge on any atom is -0.373 e. The van der Waals surface area contributed by atoms with E-state index in [-0.39, 0.29) is 12.1 Å². The number of nitrogens with one attached hydrogen (secondary N) is 1. The third kappa shape index (κ3) is 5.20. The van der Waals surface area contributed by atoms with Crippen molar-refractivity contribution in [1.29, 1.82) is 0 Å². The highest BCUT2D eigenvalue weighted by molar-refractivity contribution is 5.74. The first-order chi connectivity index (χ1) is 14.3. The summed E-state index contributed by atoms with van der Waals surface area (Å²) in [5.41, 5.74) is 2.17. The number of amides is 2. The Morgan fingerprint density at radius 1 is 1.07 bits per heavy atom. The van der Waals surface area contributed by atoms with E-state index in [1.165, 1.54) is 5.56 Å². The predicted octanol–water partition coefficient (Wildman–Crippen LogP) is 3.16. The molecule has 1 N–H and O–H groups in total. The molecular formula is C22H25N5O2. The standard InChI is InChI=1S/C22H25N5O2/c28-22(24-16-19-7-11-23-21(15-19)27-12-4-10-25-27)26-13-8-20(9-14-26)29-17-18-5-2-1-3-6-18/h1-7,10-12,15,20H,8-9,13-14,16-17H2,(H,24,28). The van der Waals surface area contributed by atoms with Gasteiger partial charge in [-0.3, -0.25) is 0 Å². The molecule has 0 aliphatic carbocycles. The first kappa shape index (κ1) is 19.1. The molecule has 4 rings (SSSR count). The van der Waals surface area contributed by atoms with Crippen molar-refractivity contribution in [3.63, 3.8) is 0 Å². The summed E-state index contributed by atoms with van der Waals surface area (Å²) in [5, 5.41) is 7.19. The molecule has 29 heavy (non-hydrogen) atoms. The van der Waals surface area contributed by atoms with E-state index in [1.807, 2.05) is 47.5 Å². The lowest BCUT2D eigenvalue weighted by molar-refractivity contribution is 0.00444. The maximum atomic E-state index is 12.5. The third-order valence-corrected chi connectivity index (χ3v) is 5.05. The Labute approximate surface area is 170 Å². The van der Waals surface area contributed by atoms with Gasteiger partial charge in [0.1, 0.15) is 0 Å². The second-order valence-electron chi connectivity index (χ2n) is 7.11. The van der Waals surface area contributed by atoms with Crippen LogP contribution in [0.1, 0.15) is 24.0 Å². The second-order valence-corrected chi connectivity index (χ2v) is 7.11. The van der Waals surface area contributed by atoms with Crippen LogP contribution in [0.2, 0.25) is 0 Å². The molecule has 0 spiro atoms. The van der Waals surface area contributed by atoms with E-state index in [2.05, 4.69) is 27.5 Å². The number of aromatic nitrogens is 3. The van der Waals surface area contributed by atoms with Gasteiger partial charge in [-0.2, -0.15) is 5.10 Å². The van der Waals surface area contributed by atoms with Crippen molar-refractivity contribution < 1.29 is 9.53 Å². The second kappa shape index (κ2) is 9.34. The average molecular weight is 391 g/mol. The smallest absolute Gasteiger partial charge is 0.317 e. The summed E-state index contributed by atoms with van der Waals surface area (Å²) in [4.78, 5) is 18.7. The molecule has 0 radical (unpaired) electrons. The van der Waals surface area contributed by atoms with Crippen molar-refractivity contribution in [3.8, 4) is 5.82 Å². The molecule has 1 aliphatic rings. The molecule has 2 amide bonds. The van der Waals surface area contributed by atoms with Gasteiger partial charge in [0.25, 0.3) is 0 Å². The van der Waals surface area contributed by atoms with Crippen LogP contribution in [0.15, 0.2) is 67.1 Å². The molecule has 3 heterocycles. The zero-order chi connectivity index (χ0) is 19.9. The summed E-state index contributed by atoms with van der Waals surface area (Å²) in [6.45, 7) is 2.50. The van der Waals surface area contributed by atoms with E-state index < -0.39 is 0 Å². The van der Waals surface area contributed by atoms with Gasteiger partial charge in [-0.1, -0.05) is 30.3 Å². The van der Waals surface area contributed by atoms with Gasteiger partial charge in [-0.05, 0) is 42.2 Å². The lowest BCUT2D eigenvalue weighted by Crippen LogP contribution is -2.45. The van der Waals surface area contributed by atoms with E-state index in [0.29, 0.717) is 26.2 Å². The van der Waals surface area contributed by atoms with Crippen LogP contribution in [0, 0.1) is 0 Å². The van der Waals surface area contributed by atoms with E-state index in [0.717, 1.165) is 24.2 Å². The zero-order valence-electron chi connectivity index (χ0n) is 16.3. The Hall–Kier alpha value is -3.19. The van der Waals surface area contributed by atoms with Crippen molar-refractivity contribution in [3.05, 3.63) is 78.2 Å². The molecule has 7 nitrogen and oxygen atoms in total. The number of hydrogen-bond acceptors (Lipinski definition) is 4. The molecule has 2 aromatic heterocycles. The van der Waals surface area contributed by atoms with E-state index in [4.69, 9.17) is 4.74 Å². The van der Waals surface area contributed by atoms with Crippen molar-refractivity contribution in [2.45, 2.75) is 32.1 Å². The number of carbonyl (C=O) groups is 1. The minimum absolute atomic E-state index is 0.0380. The van der Waals surface area contributed by atoms with Gasteiger partial charge in [0, 0.05) is 38.2 Å². The first-order valence-corrected chi connectivity index (χ1v) is 9.91. The molecule has 0 unspecified atom stereocenters. The lowest BCUT2D eigenvalue weighted by atomic mass is 10.1. The Morgan fingerprint density at radius 2 is 1.90 bits per heavy atom. The lowest BCUT2D eigenvalue weighted by Gasteiger charge is -2.32. The number of likely N-dealkylation sites (tertiary alicyclic amines) is 1. The van der Waals surface area contributed by atoms with Crippen LogP contribution in [0.5, 0.6) is 0 Å². The maximum Gasteiger partial charge on any atom is 0.317 e. The number of benzene rings is 1. The van der Waals surface area contributed by atoms with Crippen LogP contribution in [0.4, 0.5) is 4.79 Å². The Bertz CT molecular complexity index is 906. The molecule has 0 saturated carbocycles. The summed E-state index contributed by atoms with van der Waals surface area (Å²) >= 11 is 0.